The van der Waals surface area contributed by atoms with Crippen molar-refractivity contribution >= 4 is 50.4 Å². The molecule has 0 aliphatic heterocycles. The van der Waals surface area contributed by atoms with Crippen LogP contribution in [0.5, 0.6) is 0 Å². The zero-order valence-electron chi connectivity index (χ0n) is 14.4. The zero-order chi connectivity index (χ0) is 18.9. The van der Waals surface area contributed by atoms with Crippen LogP contribution in [0.25, 0.3) is 32.8 Å². The van der Waals surface area contributed by atoms with Crippen molar-refractivity contribution in [2.45, 2.75) is 0 Å². The van der Waals surface area contributed by atoms with Gasteiger partial charge in [-0.3, -0.25) is 0 Å². The third-order valence-electron chi connectivity index (χ3n) is 4.13. The molecule has 2 aromatic carbocycles. The molecule has 0 radical (unpaired) electrons. The van der Waals surface area contributed by atoms with E-state index in [1.54, 1.807) is 23.6 Å². The number of nitrogens with zero attached hydrogens (tertiary/aromatic N) is 3. The number of rotatable bonds is 3. The Hall–Kier alpha value is -2.80. The maximum atomic E-state index is 6.17. The first-order chi connectivity index (χ1) is 13.8. The summed E-state index contributed by atoms with van der Waals surface area (Å²) in [6.45, 7) is 0. The number of hydrogen-bond acceptors (Lipinski definition) is 6. The van der Waals surface area contributed by atoms with Crippen molar-refractivity contribution in [2.24, 2.45) is 4.99 Å². The molecule has 0 atom stereocenters. The molecule has 0 amide bonds. The van der Waals surface area contributed by atoms with Gasteiger partial charge in [0, 0.05) is 32.9 Å². The fourth-order valence-corrected chi connectivity index (χ4v) is 4.35. The van der Waals surface area contributed by atoms with Crippen molar-refractivity contribution in [1.82, 2.24) is 9.97 Å². The summed E-state index contributed by atoms with van der Waals surface area (Å²) in [7, 11) is 0. The molecule has 7 heteroatoms. The molecule has 0 N–H and O–H groups in total. The van der Waals surface area contributed by atoms with Crippen LogP contribution in [0.2, 0.25) is 5.02 Å². The predicted molar refractivity (Wildman–Crippen MR) is 115 cm³/mol. The molecule has 4 nitrogen and oxygen atoms in total. The quantitative estimate of drug-likeness (QED) is 0.331. The lowest BCUT2D eigenvalue weighted by Gasteiger charge is -2.03. The monoisotopic (exact) mass is 421 g/mol. The Morgan fingerprint density at radius 1 is 1.00 bits per heavy atom. The molecule has 0 saturated heterocycles. The second-order valence-electron chi connectivity index (χ2n) is 5.98. The van der Waals surface area contributed by atoms with Crippen molar-refractivity contribution in [3.05, 3.63) is 82.1 Å². The highest BCUT2D eigenvalue weighted by molar-refractivity contribution is 7.13. The molecule has 5 aromatic rings. The van der Waals surface area contributed by atoms with Crippen molar-refractivity contribution in [1.29, 1.82) is 0 Å². The fourth-order valence-electron chi connectivity index (χ4n) is 2.83. The summed E-state index contributed by atoms with van der Waals surface area (Å²) in [5.41, 5.74) is 4.01. The largest absolute Gasteiger partial charge is 0.438 e. The Morgan fingerprint density at radius 3 is 2.71 bits per heavy atom. The van der Waals surface area contributed by atoms with Crippen molar-refractivity contribution < 1.29 is 4.42 Å². The van der Waals surface area contributed by atoms with Gasteiger partial charge >= 0.3 is 0 Å². The number of benzene rings is 2. The van der Waals surface area contributed by atoms with Crippen LogP contribution in [0.4, 0.5) is 5.13 Å². The van der Waals surface area contributed by atoms with E-state index in [4.69, 9.17) is 21.0 Å². The number of halogens is 1. The molecule has 0 bridgehead atoms. The van der Waals surface area contributed by atoms with Gasteiger partial charge in [0.1, 0.15) is 10.6 Å². The third kappa shape index (κ3) is 3.38. The molecule has 0 spiro atoms. The third-order valence-corrected chi connectivity index (χ3v) is 5.91. The molecule has 3 aromatic heterocycles. The number of hydrogen-bond donors (Lipinski definition) is 0. The van der Waals surface area contributed by atoms with E-state index in [0.29, 0.717) is 21.3 Å². The Kier molecular flexibility index (Phi) is 4.52. The summed E-state index contributed by atoms with van der Waals surface area (Å²) in [5.74, 6) is 0. The number of thiazole rings is 2. The Bertz CT molecular complexity index is 1330. The van der Waals surface area contributed by atoms with E-state index in [9.17, 15) is 0 Å². The number of fused-ring (bicyclic) bond motifs is 1. The second-order valence-corrected chi connectivity index (χ2v) is 8.15. The first-order valence-electron chi connectivity index (χ1n) is 8.45. The minimum absolute atomic E-state index is 0.485. The molecule has 0 fully saturated rings. The molecule has 0 unspecified atom stereocenters. The highest BCUT2D eigenvalue weighted by Gasteiger charge is 2.13. The summed E-state index contributed by atoms with van der Waals surface area (Å²) in [4.78, 5) is 13.7. The molecule has 28 heavy (non-hydrogen) atoms. The maximum Gasteiger partial charge on any atom is 0.232 e. The average Bonchev–Trinajstić information content (AvgIpc) is 3.40. The maximum absolute atomic E-state index is 6.17. The predicted octanol–water partition coefficient (Wildman–Crippen LogP) is 6.57. The van der Waals surface area contributed by atoms with E-state index in [-0.39, 0.29) is 0 Å². The summed E-state index contributed by atoms with van der Waals surface area (Å²) >= 11 is 9.18. The van der Waals surface area contributed by atoms with Gasteiger partial charge in [-0.1, -0.05) is 41.9 Å². The second kappa shape index (κ2) is 7.31. The van der Waals surface area contributed by atoms with E-state index in [0.717, 1.165) is 27.2 Å². The van der Waals surface area contributed by atoms with Gasteiger partial charge < -0.3 is 4.42 Å². The van der Waals surface area contributed by atoms with Crippen molar-refractivity contribution in [3.63, 3.8) is 0 Å². The van der Waals surface area contributed by atoms with Crippen LogP contribution in [0.3, 0.4) is 0 Å². The molecule has 3 heterocycles. The van der Waals surface area contributed by atoms with Gasteiger partial charge in [-0.2, -0.15) is 4.99 Å². The van der Waals surface area contributed by atoms with E-state index in [1.165, 1.54) is 11.3 Å². The van der Waals surface area contributed by atoms with E-state index < -0.39 is 0 Å². The van der Waals surface area contributed by atoms with Gasteiger partial charge in [0.2, 0.25) is 10.7 Å². The van der Waals surface area contributed by atoms with Crippen molar-refractivity contribution in [2.75, 3.05) is 0 Å². The van der Waals surface area contributed by atoms with Gasteiger partial charge in [-0.15, -0.1) is 22.7 Å². The van der Waals surface area contributed by atoms with Gasteiger partial charge in [0.25, 0.3) is 0 Å². The lowest BCUT2D eigenvalue weighted by atomic mass is 10.1. The standard InChI is InChI=1S/C21H12ClN3OS2/c22-15-6-7-18-14(10-15)11-16(19(26-18)25-21-23-8-9-27-21)20-24-17(12-28-20)13-4-2-1-3-5-13/h1-12H. The van der Waals surface area contributed by atoms with Crippen molar-refractivity contribution in [3.8, 4) is 21.8 Å². The van der Waals surface area contributed by atoms with Crippen LogP contribution in [-0.4, -0.2) is 9.97 Å². The van der Waals surface area contributed by atoms with Crippen LogP contribution < -0.4 is 5.55 Å². The molecule has 0 saturated carbocycles. The molecule has 136 valence electrons. The molecule has 0 aliphatic rings. The highest BCUT2D eigenvalue weighted by Crippen LogP contribution is 2.30. The fraction of sp³-hybridized carbons (Fsp3) is 0. The molecule has 0 aliphatic carbocycles. The van der Waals surface area contributed by atoms with E-state index in [2.05, 4.69) is 9.98 Å². The number of aromatic nitrogens is 2. The first-order valence-corrected chi connectivity index (χ1v) is 10.6. The molecular weight excluding hydrogens is 410 g/mol. The summed E-state index contributed by atoms with van der Waals surface area (Å²) in [6, 6.07) is 17.6. The average molecular weight is 422 g/mol. The minimum atomic E-state index is 0.485. The SMILES string of the molecule is Clc1ccc2oc(=Nc3nccs3)c(-c3nc(-c4ccccc4)cs3)cc2c1. The van der Waals surface area contributed by atoms with Crippen LogP contribution >= 0.6 is 34.3 Å². The summed E-state index contributed by atoms with van der Waals surface area (Å²) in [6.07, 6.45) is 1.72. The van der Waals surface area contributed by atoms with Gasteiger partial charge in [-0.25, -0.2) is 9.97 Å². The van der Waals surface area contributed by atoms with Gasteiger partial charge in [0.05, 0.1) is 11.3 Å². The minimum Gasteiger partial charge on any atom is -0.438 e. The van der Waals surface area contributed by atoms with Crippen LogP contribution in [0.15, 0.2) is 81.0 Å². The van der Waals surface area contributed by atoms with Crippen LogP contribution in [-0.2, 0) is 0 Å². The van der Waals surface area contributed by atoms with Crippen LogP contribution in [0.1, 0.15) is 0 Å². The molecular formula is C21H12ClN3OS2. The van der Waals surface area contributed by atoms with E-state index >= 15 is 0 Å². The van der Waals surface area contributed by atoms with Gasteiger partial charge in [-0.05, 0) is 24.3 Å². The lowest BCUT2D eigenvalue weighted by molar-refractivity contribution is 0.547. The Labute approximate surface area is 173 Å². The highest BCUT2D eigenvalue weighted by atomic mass is 35.5. The normalized spacial score (nSPS) is 12.0. The topological polar surface area (TPSA) is 51.3 Å². The lowest BCUT2D eigenvalue weighted by Crippen LogP contribution is -2.05. The zero-order valence-corrected chi connectivity index (χ0v) is 16.8. The Morgan fingerprint density at radius 2 is 1.89 bits per heavy atom. The summed E-state index contributed by atoms with van der Waals surface area (Å²) in [5, 5.41) is 6.95. The summed E-state index contributed by atoms with van der Waals surface area (Å²) < 4.78 is 6.10. The van der Waals surface area contributed by atoms with E-state index in [1.807, 2.05) is 59.3 Å². The van der Waals surface area contributed by atoms with Gasteiger partial charge in [0.15, 0.2) is 0 Å². The first kappa shape index (κ1) is 17.3. The smallest absolute Gasteiger partial charge is 0.232 e. The molecule has 5 rings (SSSR count). The van der Waals surface area contributed by atoms with Crippen LogP contribution in [0, 0.1) is 0 Å². The Balaban J connectivity index is 1.72.